The molecule has 1 aromatic heterocycles. The highest BCUT2D eigenvalue weighted by molar-refractivity contribution is 7.89. The fraction of sp³-hybridized carbons (Fsp3) is 0.158. The van der Waals surface area contributed by atoms with Gasteiger partial charge < -0.3 is 9.15 Å². The smallest absolute Gasteiger partial charge is 0.336 e. The summed E-state index contributed by atoms with van der Waals surface area (Å²) in [7, 11) is -3.89. The van der Waals surface area contributed by atoms with Crippen LogP contribution in [0.5, 0.6) is 5.75 Å². The second-order valence-corrected chi connectivity index (χ2v) is 7.76. The first kappa shape index (κ1) is 19.6. The Morgan fingerprint density at radius 3 is 2.54 bits per heavy atom. The van der Waals surface area contributed by atoms with Crippen LogP contribution < -0.4 is 20.6 Å². The van der Waals surface area contributed by atoms with Gasteiger partial charge in [-0.25, -0.2) is 13.2 Å². The van der Waals surface area contributed by atoms with Crippen molar-refractivity contribution in [3.63, 3.8) is 0 Å². The molecule has 0 unspecified atom stereocenters. The third-order valence-corrected chi connectivity index (χ3v) is 5.23. The molecule has 2 N–H and O–H groups in total. The summed E-state index contributed by atoms with van der Waals surface area (Å²) in [6.07, 6.45) is -1.01. The third kappa shape index (κ3) is 4.38. The van der Waals surface area contributed by atoms with E-state index in [1.807, 2.05) is 4.83 Å². The standard InChI is InChI=1S/C19H18N2O6S/c1-12-10-18(22)27-17-11-14(8-9-16(12)17)26-13(2)19(23)20-21-28(24,25)15-6-4-3-5-7-15/h3-11,13,21H,1-2H3,(H,20,23)/t13-/m0/s1. The van der Waals surface area contributed by atoms with Crippen LogP contribution in [-0.2, 0) is 14.8 Å². The number of benzene rings is 2. The first-order valence-electron chi connectivity index (χ1n) is 8.34. The van der Waals surface area contributed by atoms with Crippen molar-refractivity contribution in [3.8, 4) is 5.75 Å². The molecule has 0 bridgehead atoms. The summed E-state index contributed by atoms with van der Waals surface area (Å²) in [6.45, 7) is 3.25. The van der Waals surface area contributed by atoms with Gasteiger partial charge in [-0.1, -0.05) is 18.2 Å². The molecule has 3 rings (SSSR count). The highest BCUT2D eigenvalue weighted by atomic mass is 32.2. The molecule has 0 spiro atoms. The summed E-state index contributed by atoms with van der Waals surface area (Å²) in [5.41, 5.74) is 2.73. The molecule has 0 aliphatic heterocycles. The van der Waals surface area contributed by atoms with Gasteiger partial charge in [0.05, 0.1) is 4.90 Å². The predicted molar refractivity (Wildman–Crippen MR) is 102 cm³/mol. The molecule has 8 nitrogen and oxygen atoms in total. The van der Waals surface area contributed by atoms with E-state index in [1.165, 1.54) is 31.2 Å². The van der Waals surface area contributed by atoms with E-state index in [-0.39, 0.29) is 4.90 Å². The fourth-order valence-electron chi connectivity index (χ4n) is 2.51. The molecular weight excluding hydrogens is 384 g/mol. The van der Waals surface area contributed by atoms with Gasteiger partial charge in [-0.2, -0.15) is 0 Å². The van der Waals surface area contributed by atoms with E-state index in [0.717, 1.165) is 10.9 Å². The number of aryl methyl sites for hydroxylation is 1. The topological polar surface area (TPSA) is 115 Å². The Hall–Kier alpha value is -3.17. The Morgan fingerprint density at radius 2 is 1.82 bits per heavy atom. The summed E-state index contributed by atoms with van der Waals surface area (Å²) in [5, 5.41) is 0.750. The lowest BCUT2D eigenvalue weighted by atomic mass is 10.1. The lowest BCUT2D eigenvalue weighted by Crippen LogP contribution is -2.47. The van der Waals surface area contributed by atoms with Gasteiger partial charge in [-0.15, -0.1) is 4.83 Å². The van der Waals surface area contributed by atoms with E-state index >= 15 is 0 Å². The van der Waals surface area contributed by atoms with E-state index in [9.17, 15) is 18.0 Å². The minimum absolute atomic E-state index is 0.0174. The van der Waals surface area contributed by atoms with Crippen LogP contribution >= 0.6 is 0 Å². The average Bonchev–Trinajstić information content (AvgIpc) is 2.66. The van der Waals surface area contributed by atoms with Gasteiger partial charge >= 0.3 is 5.63 Å². The van der Waals surface area contributed by atoms with Gasteiger partial charge in [0.2, 0.25) is 0 Å². The van der Waals surface area contributed by atoms with Crippen LogP contribution in [0.2, 0.25) is 0 Å². The molecule has 3 aromatic rings. The lowest BCUT2D eigenvalue weighted by Gasteiger charge is -2.15. The summed E-state index contributed by atoms with van der Waals surface area (Å²) in [4.78, 5) is 25.7. The molecule has 0 saturated heterocycles. The number of carbonyl (C=O) groups excluding carboxylic acids is 1. The van der Waals surface area contributed by atoms with Crippen LogP contribution in [0.4, 0.5) is 0 Å². The largest absolute Gasteiger partial charge is 0.481 e. The van der Waals surface area contributed by atoms with Crippen LogP contribution in [0.25, 0.3) is 11.0 Å². The number of rotatable bonds is 6. The Morgan fingerprint density at radius 1 is 1.11 bits per heavy atom. The molecule has 0 aliphatic carbocycles. The number of amides is 1. The van der Waals surface area contributed by atoms with Crippen LogP contribution in [0.3, 0.4) is 0 Å². The molecule has 2 aromatic carbocycles. The third-order valence-electron chi connectivity index (χ3n) is 3.97. The van der Waals surface area contributed by atoms with E-state index < -0.39 is 27.7 Å². The summed E-state index contributed by atoms with van der Waals surface area (Å²) in [5.74, 6) is -0.389. The Labute approximate surface area is 161 Å². The van der Waals surface area contributed by atoms with Crippen molar-refractivity contribution in [2.24, 2.45) is 0 Å². The van der Waals surface area contributed by atoms with Crippen LogP contribution in [-0.4, -0.2) is 20.4 Å². The molecule has 146 valence electrons. The molecular formula is C19H18N2O6S. The number of hydrogen-bond donors (Lipinski definition) is 2. The maximum absolute atomic E-state index is 12.2. The maximum atomic E-state index is 12.2. The molecule has 0 aliphatic rings. The summed E-state index contributed by atoms with van der Waals surface area (Å²) < 4.78 is 34.9. The molecule has 0 radical (unpaired) electrons. The Bertz CT molecular complexity index is 1170. The first-order valence-corrected chi connectivity index (χ1v) is 9.82. The van der Waals surface area contributed by atoms with Crippen LogP contribution in [0.15, 0.2) is 68.7 Å². The lowest BCUT2D eigenvalue weighted by molar-refractivity contribution is -0.127. The SMILES string of the molecule is Cc1cc(=O)oc2cc(O[C@@H](C)C(=O)NNS(=O)(=O)c3ccccc3)ccc12. The number of fused-ring (bicyclic) bond motifs is 1. The monoisotopic (exact) mass is 402 g/mol. The number of hydrogen-bond acceptors (Lipinski definition) is 6. The van der Waals surface area contributed by atoms with Gasteiger partial charge in [0.1, 0.15) is 11.3 Å². The number of sulfonamides is 1. The van der Waals surface area contributed by atoms with E-state index in [2.05, 4.69) is 5.43 Å². The van der Waals surface area contributed by atoms with Crippen molar-refractivity contribution in [1.82, 2.24) is 10.3 Å². The van der Waals surface area contributed by atoms with Crippen molar-refractivity contribution >= 4 is 26.9 Å². The second kappa shape index (κ2) is 7.83. The van der Waals surface area contributed by atoms with Gasteiger partial charge in [0.15, 0.2) is 6.10 Å². The van der Waals surface area contributed by atoms with E-state index in [4.69, 9.17) is 9.15 Å². The summed E-state index contributed by atoms with van der Waals surface area (Å²) in [6, 6.07) is 13.9. The molecule has 0 fully saturated rings. The number of nitrogens with one attached hydrogen (secondary N) is 2. The second-order valence-electron chi connectivity index (χ2n) is 6.07. The van der Waals surface area contributed by atoms with Crippen molar-refractivity contribution in [2.45, 2.75) is 24.8 Å². The van der Waals surface area contributed by atoms with E-state index in [1.54, 1.807) is 37.3 Å². The average molecular weight is 402 g/mol. The number of ether oxygens (including phenoxy) is 1. The van der Waals surface area contributed by atoms with Gasteiger partial charge in [-0.05, 0) is 43.7 Å². The van der Waals surface area contributed by atoms with Crippen LogP contribution in [0.1, 0.15) is 12.5 Å². The van der Waals surface area contributed by atoms with Crippen LogP contribution in [0, 0.1) is 6.92 Å². The zero-order valence-corrected chi connectivity index (χ0v) is 15.9. The molecule has 0 saturated carbocycles. The van der Waals surface area contributed by atoms with Crippen molar-refractivity contribution in [2.75, 3.05) is 0 Å². The minimum Gasteiger partial charge on any atom is -0.481 e. The molecule has 28 heavy (non-hydrogen) atoms. The highest BCUT2D eigenvalue weighted by Crippen LogP contribution is 2.23. The van der Waals surface area contributed by atoms with E-state index in [0.29, 0.717) is 11.3 Å². The van der Waals surface area contributed by atoms with Crippen molar-refractivity contribution in [1.29, 1.82) is 0 Å². The summed E-state index contributed by atoms with van der Waals surface area (Å²) >= 11 is 0. The quantitative estimate of drug-likeness (QED) is 0.481. The maximum Gasteiger partial charge on any atom is 0.336 e. The zero-order valence-electron chi connectivity index (χ0n) is 15.1. The Balaban J connectivity index is 1.67. The van der Waals surface area contributed by atoms with Crippen molar-refractivity contribution in [3.05, 3.63) is 70.6 Å². The first-order chi connectivity index (χ1) is 13.3. The normalized spacial score (nSPS) is 12.5. The van der Waals surface area contributed by atoms with Gasteiger partial charge in [0, 0.05) is 17.5 Å². The Kier molecular flexibility index (Phi) is 5.48. The molecule has 9 heteroatoms. The van der Waals surface area contributed by atoms with Crippen molar-refractivity contribution < 1.29 is 22.4 Å². The highest BCUT2D eigenvalue weighted by Gasteiger charge is 2.19. The fourth-order valence-corrected chi connectivity index (χ4v) is 3.38. The number of carbonyl (C=O) groups is 1. The predicted octanol–water partition coefficient (Wildman–Crippen LogP) is 1.88. The van der Waals surface area contributed by atoms with Gasteiger partial charge in [0.25, 0.3) is 15.9 Å². The number of hydrazine groups is 1. The minimum atomic E-state index is -3.89. The van der Waals surface area contributed by atoms with Gasteiger partial charge in [-0.3, -0.25) is 10.2 Å². The molecule has 1 atom stereocenters. The molecule has 1 amide bonds. The zero-order chi connectivity index (χ0) is 20.3. The molecule has 1 heterocycles.